The molecule has 0 radical (unpaired) electrons. The van der Waals surface area contributed by atoms with E-state index in [1.165, 1.54) is 243 Å². The van der Waals surface area contributed by atoms with Crippen LogP contribution in [0.3, 0.4) is 0 Å². The summed E-state index contributed by atoms with van der Waals surface area (Å²) in [6, 6.07) is 66.8. The van der Waals surface area contributed by atoms with Crippen molar-refractivity contribution in [2.45, 2.75) is 212 Å². The Labute approximate surface area is 582 Å². The van der Waals surface area contributed by atoms with E-state index in [9.17, 15) is 2.74 Å². The molecule has 0 N–H and O–H groups in total. The second-order valence-electron chi connectivity index (χ2n) is 31.0. The molecule has 0 amide bonds. The van der Waals surface area contributed by atoms with Gasteiger partial charge < -0.3 is 0 Å². The summed E-state index contributed by atoms with van der Waals surface area (Å²) in [7, 11) is 6.45. The first kappa shape index (κ1) is 64.7. The second kappa shape index (κ2) is 32.4. The number of fused-ring (bicyclic) bond motifs is 21. The summed E-state index contributed by atoms with van der Waals surface area (Å²) in [5, 5.41) is 0. The number of benzene rings is 6. The van der Waals surface area contributed by atoms with Crippen molar-refractivity contribution in [1.82, 2.24) is 0 Å². The fourth-order valence-electron chi connectivity index (χ4n) is 18.6. The Morgan fingerprint density at radius 2 is 0.573 bits per heavy atom. The highest BCUT2D eigenvalue weighted by Gasteiger charge is 2.31. The summed E-state index contributed by atoms with van der Waals surface area (Å²) in [6.07, 6.45) is 42.8. The van der Waals surface area contributed by atoms with Crippen LogP contribution < -0.4 is 13.7 Å². The van der Waals surface area contributed by atoms with E-state index in [2.05, 4.69) is 256 Å². The third-order valence-corrected chi connectivity index (χ3v) is 24.1. The van der Waals surface area contributed by atoms with E-state index in [-0.39, 0.29) is 0 Å². The monoisotopic (exact) mass is 1270 g/mol. The maximum atomic E-state index is 9.66. The van der Waals surface area contributed by atoms with Gasteiger partial charge in [-0.05, 0) is 199 Å². The van der Waals surface area contributed by atoms with Crippen molar-refractivity contribution in [2.24, 2.45) is 56.7 Å². The van der Waals surface area contributed by atoms with Crippen LogP contribution in [0.15, 0.2) is 201 Å². The first-order valence-corrected chi connectivity index (χ1v) is 38.2. The van der Waals surface area contributed by atoms with Crippen molar-refractivity contribution in [1.29, 1.82) is 0 Å². The molecule has 9 aromatic rings. The fraction of sp³-hybridized carbons (Fsp3) is 0.452. The lowest BCUT2D eigenvalue weighted by Crippen LogP contribution is -2.30. The van der Waals surface area contributed by atoms with Gasteiger partial charge in [0.2, 0.25) is 17.1 Å². The van der Waals surface area contributed by atoms with Gasteiger partial charge >= 0.3 is 0 Å². The van der Waals surface area contributed by atoms with Crippen LogP contribution in [0.5, 0.6) is 0 Å². The first-order valence-electron chi connectivity index (χ1n) is 39.2. The van der Waals surface area contributed by atoms with Crippen LogP contribution in [-0.4, -0.2) is 0 Å². The standard InChI is InChI=1S/3C31H38N/c2*1-23-9-3-6-16-30(23)31-18-17-28(22-32(31)2)26-14-8-15-27(21-26)29-19-24-10-4-5-11-25(20-29)13-7-12-24;1-23-8-3-6-13-30(23)31-19-18-28(22-32(31)2)26-14-16-27(17-15-26)29-20-24-9-4-5-10-25(21-29)12-7-11-24/h2*3,6,8-9,14-18,21-22,24-25,29H,4-5,7,10-13,19-20H2,1-2H3;3,6,8,13-19,22,24-25,29H,4-5,7,9-12,20-21H2,1-2H3/q3*+1/i29D;;29D. The largest absolute Gasteiger partial charge is 0.212 e. The molecule has 6 atom stereocenters. The normalized spacial score (nSPS) is 25.6. The lowest BCUT2D eigenvalue weighted by molar-refractivity contribution is -0.660. The average Bonchev–Trinajstić information content (AvgIpc) is 1.07. The molecule has 9 aliphatic carbocycles. The number of aromatic nitrogens is 3. The van der Waals surface area contributed by atoms with Crippen LogP contribution >= 0.6 is 0 Å². The summed E-state index contributed by atoms with van der Waals surface area (Å²) in [4.78, 5) is 0. The number of nitrogens with zero attached hydrogens (tertiary/aromatic N) is 3. The molecule has 6 aromatic carbocycles. The zero-order valence-electron chi connectivity index (χ0n) is 61.5. The van der Waals surface area contributed by atoms with E-state index in [1.54, 1.807) is 5.56 Å². The maximum absolute atomic E-state index is 9.66. The van der Waals surface area contributed by atoms with Gasteiger partial charge in [0.1, 0.15) is 21.1 Å². The van der Waals surface area contributed by atoms with Crippen LogP contribution in [0.2, 0.25) is 0 Å². The molecular formula is C93H114N3+3. The molecule has 498 valence electrons. The van der Waals surface area contributed by atoms with E-state index in [4.69, 9.17) is 0 Å². The highest BCUT2D eigenvalue weighted by Crippen LogP contribution is 2.46. The highest BCUT2D eigenvalue weighted by atomic mass is 14.9. The molecule has 6 bridgehead atoms. The summed E-state index contributed by atoms with van der Waals surface area (Å²) < 4.78 is 26.0. The van der Waals surface area contributed by atoms with Crippen molar-refractivity contribution in [3.8, 4) is 67.2 Å². The molecule has 3 nitrogen and oxygen atoms in total. The molecule has 18 rings (SSSR count). The van der Waals surface area contributed by atoms with E-state index >= 15 is 0 Å². The van der Waals surface area contributed by atoms with Gasteiger partial charge in [-0.3, -0.25) is 0 Å². The average molecular weight is 1280 g/mol. The number of aryl methyl sites for hydroxylation is 6. The lowest BCUT2D eigenvalue weighted by atomic mass is 9.76. The third-order valence-electron chi connectivity index (χ3n) is 24.1. The Morgan fingerprint density at radius 1 is 0.271 bits per heavy atom. The Balaban J connectivity index is 0.000000132. The molecule has 3 heterocycles. The quantitative estimate of drug-likeness (QED) is 0.128. The minimum absolute atomic E-state index is 0.419. The number of hydrogen-bond acceptors (Lipinski definition) is 0. The van der Waals surface area contributed by atoms with Crippen LogP contribution in [-0.2, 0) is 21.1 Å². The van der Waals surface area contributed by atoms with Gasteiger partial charge in [0.15, 0.2) is 18.6 Å². The zero-order valence-corrected chi connectivity index (χ0v) is 59.5. The fourth-order valence-corrected chi connectivity index (χ4v) is 18.6. The Kier molecular flexibility index (Phi) is 21.9. The van der Waals surface area contributed by atoms with Gasteiger partial charge in [0, 0.05) is 54.3 Å². The van der Waals surface area contributed by atoms with Gasteiger partial charge in [0.05, 0.1) is 0 Å². The molecule has 0 aliphatic heterocycles. The predicted molar refractivity (Wildman–Crippen MR) is 404 cm³/mol. The zero-order chi connectivity index (χ0) is 67.6. The third kappa shape index (κ3) is 17.0. The highest BCUT2D eigenvalue weighted by molar-refractivity contribution is 5.69. The summed E-state index contributed by atoms with van der Waals surface area (Å²) in [6.45, 7) is 6.54. The van der Waals surface area contributed by atoms with Gasteiger partial charge in [-0.2, -0.15) is 0 Å². The summed E-state index contributed by atoms with van der Waals surface area (Å²) >= 11 is 0. The van der Waals surface area contributed by atoms with Crippen LogP contribution in [0, 0.1) is 56.3 Å². The summed E-state index contributed by atoms with van der Waals surface area (Å²) in [5.74, 6) is 4.65. The van der Waals surface area contributed by atoms with Gasteiger partial charge in [0.25, 0.3) is 0 Å². The Morgan fingerprint density at radius 3 is 0.938 bits per heavy atom. The van der Waals surface area contributed by atoms with Gasteiger partial charge in [-0.15, -0.1) is 0 Å². The number of hydrogen-bond donors (Lipinski definition) is 0. The van der Waals surface area contributed by atoms with E-state index in [0.717, 1.165) is 67.1 Å². The number of pyridine rings is 3. The SMILES string of the molecule is Cc1ccccc1-c1ccc(-c2cccc(C3CC4CCCCC(CCC4)C3)c2)c[n+]1C.[2H]C1(c2ccc(-c3ccc(-c4ccccc4C)[n+](C)c3)cc2)CC2CCCCC(CCC2)C1.[2H]C1(c2cccc(-c3ccc(-c4ccccc4C)[n+](C)c3)c2)CC2CCCCC(CCC2)C1. The van der Waals surface area contributed by atoms with Gasteiger partial charge in [-0.1, -0.05) is 262 Å². The molecule has 9 saturated carbocycles. The topological polar surface area (TPSA) is 11.6 Å². The molecule has 9 fully saturated rings. The predicted octanol–water partition coefficient (Wildman–Crippen LogP) is 24.0. The van der Waals surface area contributed by atoms with Crippen molar-refractivity contribution < 1.29 is 16.4 Å². The smallest absolute Gasteiger partial charge is 0.200 e. The van der Waals surface area contributed by atoms with Crippen LogP contribution in [0.1, 0.15) is 227 Å². The number of rotatable bonds is 9. The van der Waals surface area contributed by atoms with Gasteiger partial charge in [-0.25, -0.2) is 13.7 Å². The molecular weight excluding hydrogens is 1160 g/mol. The van der Waals surface area contributed by atoms with Crippen molar-refractivity contribution in [3.63, 3.8) is 0 Å². The molecule has 6 unspecified atom stereocenters. The molecule has 9 aliphatic rings. The minimum Gasteiger partial charge on any atom is -0.200 e. The Bertz CT molecular complexity index is 4060. The van der Waals surface area contributed by atoms with E-state index in [0.29, 0.717) is 0 Å². The summed E-state index contributed by atoms with van der Waals surface area (Å²) in [5.41, 5.74) is 23.1. The molecule has 3 aromatic heterocycles. The molecule has 3 heteroatoms. The molecule has 0 saturated heterocycles. The molecule has 96 heavy (non-hydrogen) atoms. The maximum Gasteiger partial charge on any atom is 0.212 e. The van der Waals surface area contributed by atoms with E-state index in [1.807, 2.05) is 0 Å². The Hall–Kier alpha value is -7.23. The van der Waals surface area contributed by atoms with E-state index < -0.39 is 11.8 Å². The second-order valence-corrected chi connectivity index (χ2v) is 31.0. The van der Waals surface area contributed by atoms with Crippen molar-refractivity contribution in [2.75, 3.05) is 0 Å². The van der Waals surface area contributed by atoms with Crippen molar-refractivity contribution >= 4 is 0 Å². The minimum atomic E-state index is -0.445. The lowest BCUT2D eigenvalue weighted by Gasteiger charge is -2.29. The molecule has 0 spiro atoms. The van der Waals surface area contributed by atoms with Crippen LogP contribution in [0.4, 0.5) is 0 Å². The van der Waals surface area contributed by atoms with Crippen LogP contribution in [0.25, 0.3) is 67.2 Å². The van der Waals surface area contributed by atoms with Crippen molar-refractivity contribution in [3.05, 3.63) is 234 Å². The first-order chi connectivity index (χ1) is 47.7.